The van der Waals surface area contributed by atoms with Crippen LogP contribution in [0.15, 0.2) is 60.7 Å². The number of hydrogen-bond donors (Lipinski definition) is 1. The molecule has 0 saturated heterocycles. The minimum absolute atomic E-state index is 0.0681. The molecule has 4 aromatic rings. The lowest BCUT2D eigenvalue weighted by Crippen LogP contribution is -2.02. The molecule has 0 bridgehead atoms. The molecule has 0 spiro atoms. The van der Waals surface area contributed by atoms with Gasteiger partial charge in [-0.1, -0.05) is 47.7 Å². The van der Waals surface area contributed by atoms with Crippen LogP contribution in [-0.2, 0) is 6.61 Å². The van der Waals surface area contributed by atoms with Crippen molar-refractivity contribution in [1.82, 2.24) is 15.4 Å². The first-order valence-corrected chi connectivity index (χ1v) is 8.39. The Morgan fingerprint density at radius 3 is 2.67 bits per heavy atom. The Kier molecular flexibility index (Phi) is 4.25. The Labute approximate surface area is 154 Å². The summed E-state index contributed by atoms with van der Waals surface area (Å²) >= 11 is 0. The van der Waals surface area contributed by atoms with Crippen LogP contribution in [-0.4, -0.2) is 20.3 Å². The maximum Gasteiger partial charge on any atom is 0.311 e. The van der Waals surface area contributed by atoms with Crippen LogP contribution in [0.1, 0.15) is 11.1 Å². The molecule has 1 aromatic heterocycles. The van der Waals surface area contributed by atoms with Crippen LogP contribution in [0.25, 0.3) is 22.2 Å². The number of hydrogen-bond acceptors (Lipinski definition) is 5. The van der Waals surface area contributed by atoms with Gasteiger partial charge in [0.15, 0.2) is 0 Å². The number of nitro groups is 1. The normalized spacial score (nSPS) is 10.9. The van der Waals surface area contributed by atoms with Gasteiger partial charge in [0, 0.05) is 17.2 Å². The Hall–Kier alpha value is -3.74. The van der Waals surface area contributed by atoms with E-state index in [1.165, 1.54) is 6.07 Å². The fourth-order valence-electron chi connectivity index (χ4n) is 3.06. The van der Waals surface area contributed by atoms with Gasteiger partial charge in [0.05, 0.1) is 10.4 Å². The third kappa shape index (κ3) is 3.22. The van der Waals surface area contributed by atoms with Gasteiger partial charge in [-0.15, -0.1) is 5.10 Å². The van der Waals surface area contributed by atoms with E-state index in [2.05, 4.69) is 15.4 Å². The van der Waals surface area contributed by atoms with Gasteiger partial charge in [-0.3, -0.25) is 15.2 Å². The van der Waals surface area contributed by atoms with Crippen molar-refractivity contribution in [3.63, 3.8) is 0 Å². The highest BCUT2D eigenvalue weighted by Crippen LogP contribution is 2.41. The van der Waals surface area contributed by atoms with Crippen LogP contribution in [0.4, 0.5) is 5.69 Å². The van der Waals surface area contributed by atoms with E-state index in [0.717, 1.165) is 22.2 Å². The van der Waals surface area contributed by atoms with Crippen LogP contribution in [0.3, 0.4) is 0 Å². The molecule has 0 aliphatic carbocycles. The highest BCUT2D eigenvalue weighted by molar-refractivity contribution is 5.94. The molecule has 0 radical (unpaired) electrons. The van der Waals surface area contributed by atoms with Gasteiger partial charge in [0.2, 0.25) is 5.75 Å². The average molecular weight is 360 g/mol. The quantitative estimate of drug-likeness (QED) is 0.420. The van der Waals surface area contributed by atoms with Gasteiger partial charge in [-0.05, 0) is 30.2 Å². The molecule has 7 nitrogen and oxygen atoms in total. The minimum Gasteiger partial charge on any atom is -0.482 e. The van der Waals surface area contributed by atoms with Crippen LogP contribution < -0.4 is 4.74 Å². The summed E-state index contributed by atoms with van der Waals surface area (Å²) in [5, 5.41) is 22.5. The Bertz CT molecular complexity index is 1120. The molecule has 0 saturated carbocycles. The highest BCUT2D eigenvalue weighted by atomic mass is 16.6. The van der Waals surface area contributed by atoms with E-state index in [9.17, 15) is 10.1 Å². The zero-order chi connectivity index (χ0) is 18.8. The van der Waals surface area contributed by atoms with Crippen LogP contribution in [0.5, 0.6) is 5.75 Å². The molecule has 3 aromatic carbocycles. The second-order valence-electron chi connectivity index (χ2n) is 6.21. The maximum absolute atomic E-state index is 11.7. The Balaban J connectivity index is 1.87. The fraction of sp³-hybridized carbons (Fsp3) is 0.100. The van der Waals surface area contributed by atoms with Crippen molar-refractivity contribution in [3.05, 3.63) is 81.9 Å². The second-order valence-corrected chi connectivity index (χ2v) is 6.21. The van der Waals surface area contributed by atoms with Crippen molar-refractivity contribution >= 4 is 16.7 Å². The number of nitrogens with zero attached hydrogens (tertiary/aromatic N) is 3. The van der Waals surface area contributed by atoms with E-state index >= 15 is 0 Å². The molecule has 0 unspecified atom stereocenters. The van der Waals surface area contributed by atoms with E-state index in [4.69, 9.17) is 4.74 Å². The topological polar surface area (TPSA) is 93.9 Å². The summed E-state index contributed by atoms with van der Waals surface area (Å²) in [6.45, 7) is 2.05. The molecule has 1 N–H and O–H groups in total. The molecule has 0 amide bonds. The number of aromatic nitrogens is 3. The monoisotopic (exact) mass is 360 g/mol. The molecule has 27 heavy (non-hydrogen) atoms. The van der Waals surface area contributed by atoms with E-state index in [1.807, 2.05) is 61.5 Å². The lowest BCUT2D eigenvalue weighted by molar-refractivity contribution is -0.385. The third-order valence-corrected chi connectivity index (χ3v) is 4.28. The molecular formula is C20H16N4O3. The number of nitro benzene ring substituents is 1. The predicted octanol–water partition coefficient (Wildman–Crippen LogP) is 4.42. The van der Waals surface area contributed by atoms with Crippen molar-refractivity contribution in [1.29, 1.82) is 0 Å². The van der Waals surface area contributed by atoms with Gasteiger partial charge in [0.25, 0.3) is 0 Å². The molecule has 0 aliphatic heterocycles. The number of rotatable bonds is 5. The van der Waals surface area contributed by atoms with Gasteiger partial charge in [0.1, 0.15) is 12.1 Å². The number of fused-ring (bicyclic) bond motifs is 1. The summed E-state index contributed by atoms with van der Waals surface area (Å²) in [4.78, 5) is 11.3. The first-order valence-electron chi connectivity index (χ1n) is 8.39. The number of ether oxygens (including phenoxy) is 1. The third-order valence-electron chi connectivity index (χ3n) is 4.28. The van der Waals surface area contributed by atoms with Gasteiger partial charge < -0.3 is 4.74 Å². The van der Waals surface area contributed by atoms with Crippen molar-refractivity contribution in [2.24, 2.45) is 0 Å². The van der Waals surface area contributed by atoms with E-state index in [0.29, 0.717) is 11.1 Å². The summed E-state index contributed by atoms with van der Waals surface area (Å²) in [5.74, 6) is 0.227. The van der Waals surface area contributed by atoms with Crippen molar-refractivity contribution in [2.75, 3.05) is 0 Å². The zero-order valence-electron chi connectivity index (χ0n) is 14.5. The van der Waals surface area contributed by atoms with E-state index in [1.54, 1.807) is 0 Å². The predicted molar refractivity (Wildman–Crippen MR) is 101 cm³/mol. The largest absolute Gasteiger partial charge is 0.482 e. The van der Waals surface area contributed by atoms with Crippen molar-refractivity contribution < 1.29 is 9.66 Å². The van der Waals surface area contributed by atoms with E-state index < -0.39 is 4.92 Å². The fourth-order valence-corrected chi connectivity index (χ4v) is 3.06. The molecule has 0 atom stereocenters. The molecular weight excluding hydrogens is 344 g/mol. The summed E-state index contributed by atoms with van der Waals surface area (Å²) < 4.78 is 5.95. The standard InChI is InChI=1S/C20H16N4O3/c1-13-10-16(15-8-5-9-17-19(15)22-23-21-17)20(18(11-13)24(25)26)27-12-14-6-3-2-4-7-14/h2-11H,12H2,1H3,(H,21,22,23). The van der Waals surface area contributed by atoms with Gasteiger partial charge >= 0.3 is 5.69 Å². The van der Waals surface area contributed by atoms with Crippen molar-refractivity contribution in [2.45, 2.75) is 13.5 Å². The number of H-pyrrole nitrogens is 1. The molecule has 0 fully saturated rings. The van der Waals surface area contributed by atoms with Gasteiger partial charge in [-0.25, -0.2) is 0 Å². The average Bonchev–Trinajstić information content (AvgIpc) is 3.16. The Morgan fingerprint density at radius 2 is 1.89 bits per heavy atom. The van der Waals surface area contributed by atoms with Crippen molar-refractivity contribution in [3.8, 4) is 16.9 Å². The number of nitrogens with one attached hydrogen (secondary N) is 1. The van der Waals surface area contributed by atoms with Gasteiger partial charge in [-0.2, -0.15) is 0 Å². The summed E-state index contributed by atoms with van der Waals surface area (Å²) in [7, 11) is 0. The summed E-state index contributed by atoms with van der Waals surface area (Å²) in [6.07, 6.45) is 0. The first kappa shape index (κ1) is 16.7. The van der Waals surface area contributed by atoms with Crippen LogP contribution >= 0.6 is 0 Å². The number of aryl methyl sites for hydroxylation is 1. The highest BCUT2D eigenvalue weighted by Gasteiger charge is 2.23. The lowest BCUT2D eigenvalue weighted by atomic mass is 9.99. The summed E-state index contributed by atoms with van der Waals surface area (Å²) in [6, 6.07) is 18.5. The minimum atomic E-state index is -0.417. The molecule has 134 valence electrons. The molecule has 1 heterocycles. The smallest absolute Gasteiger partial charge is 0.311 e. The molecule has 0 aliphatic rings. The summed E-state index contributed by atoms with van der Waals surface area (Å²) in [5.41, 5.74) is 4.38. The van der Waals surface area contributed by atoms with Crippen LogP contribution in [0, 0.1) is 17.0 Å². The maximum atomic E-state index is 11.7. The molecule has 4 rings (SSSR count). The van der Waals surface area contributed by atoms with Crippen LogP contribution in [0.2, 0.25) is 0 Å². The first-order chi connectivity index (χ1) is 13.1. The second kappa shape index (κ2) is 6.87. The molecule has 7 heteroatoms. The number of aromatic amines is 1. The number of benzene rings is 3. The van der Waals surface area contributed by atoms with E-state index in [-0.39, 0.29) is 18.0 Å². The SMILES string of the molecule is Cc1cc(-c2cccc3[nH]nnc23)c(OCc2ccccc2)c([N+](=O)[O-])c1. The zero-order valence-corrected chi connectivity index (χ0v) is 14.5. The lowest BCUT2D eigenvalue weighted by Gasteiger charge is -2.13. The Morgan fingerprint density at radius 1 is 1.07 bits per heavy atom.